The average Bonchev–Trinajstić information content (AvgIpc) is 3.14. The van der Waals surface area contributed by atoms with Crippen LogP contribution in [-0.4, -0.2) is 15.8 Å². The summed E-state index contributed by atoms with van der Waals surface area (Å²) in [5.41, 5.74) is 11.3. The van der Waals surface area contributed by atoms with Crippen molar-refractivity contribution in [3.63, 3.8) is 0 Å². The fraction of sp³-hybridized carbons (Fsp3) is 0.429. The Morgan fingerprint density at radius 2 is 1.77 bits per heavy atom. The lowest BCUT2D eigenvalue weighted by atomic mass is 9.99. The number of hydrazone groups is 1. The molecule has 0 fully saturated rings. The first-order valence-electron chi connectivity index (χ1n) is 7.29. The van der Waals surface area contributed by atoms with Gasteiger partial charge in [-0.25, -0.2) is 4.79 Å². The highest BCUT2D eigenvalue weighted by atomic mass is 32.2. The molecule has 6 N–H and O–H groups in total. The minimum atomic E-state index is -1.92. The summed E-state index contributed by atoms with van der Waals surface area (Å²) in [5, 5.41) is 5.65. The smallest absolute Gasteiger partial charge is 0.361 e. The van der Waals surface area contributed by atoms with Crippen LogP contribution in [0.3, 0.4) is 0 Å². The highest BCUT2D eigenvalue weighted by Gasteiger charge is 2.26. The number of nitrogens with zero attached hydrogens (tertiary/aromatic N) is 1. The Hall–Kier alpha value is -1.93. The zero-order valence-corrected chi connectivity index (χ0v) is 13.0. The maximum absolute atomic E-state index is 12.1. The summed E-state index contributed by atoms with van der Waals surface area (Å²) in [5.74, 6) is 4.95. The van der Waals surface area contributed by atoms with Gasteiger partial charge in [-0.2, -0.15) is 0 Å². The van der Waals surface area contributed by atoms with Crippen LogP contribution in [0.25, 0.3) is 0 Å². The molecule has 0 bridgehead atoms. The normalized spacial score (nSPS) is 17.8. The zero-order chi connectivity index (χ0) is 15.7. The molecule has 0 saturated carbocycles. The molecule has 0 aromatic heterocycles. The SMILES string of the molecule is N/N=C(\N)[S+]([O-])NC(=O)Nc1c2c(cc3c1CCC3)CCC2. The molecule has 0 saturated heterocycles. The van der Waals surface area contributed by atoms with Gasteiger partial charge in [-0.3, -0.25) is 0 Å². The van der Waals surface area contributed by atoms with Gasteiger partial charge in [-0.1, -0.05) is 6.07 Å². The van der Waals surface area contributed by atoms with E-state index in [0.717, 1.165) is 44.2 Å². The number of amidine groups is 1. The van der Waals surface area contributed by atoms with E-state index >= 15 is 0 Å². The van der Waals surface area contributed by atoms with Crippen LogP contribution in [-0.2, 0) is 37.0 Å². The lowest BCUT2D eigenvalue weighted by molar-refractivity contribution is 0.256. The van der Waals surface area contributed by atoms with Crippen LogP contribution in [0, 0.1) is 0 Å². The molecule has 2 aliphatic carbocycles. The van der Waals surface area contributed by atoms with Crippen LogP contribution < -0.4 is 21.6 Å². The molecule has 118 valence electrons. The Morgan fingerprint density at radius 3 is 2.32 bits per heavy atom. The van der Waals surface area contributed by atoms with E-state index in [1.54, 1.807) is 0 Å². The van der Waals surface area contributed by atoms with Crippen LogP contribution >= 0.6 is 0 Å². The largest absolute Gasteiger partial charge is 0.585 e. The fourth-order valence-electron chi connectivity index (χ4n) is 3.29. The Morgan fingerprint density at radius 1 is 1.18 bits per heavy atom. The number of hydrogen-bond donors (Lipinski definition) is 4. The van der Waals surface area contributed by atoms with Gasteiger partial charge < -0.3 is 21.4 Å². The molecule has 0 aliphatic heterocycles. The number of carbonyl (C=O) groups excluding carboxylic acids is 1. The molecular formula is C14H19N5O2S. The topological polar surface area (TPSA) is 129 Å². The van der Waals surface area contributed by atoms with Crippen molar-refractivity contribution in [2.45, 2.75) is 38.5 Å². The second-order valence-corrected chi connectivity index (χ2v) is 6.69. The standard InChI is InChI=1S/C14H19N5O2S/c15-13(18-16)22(21)19-14(20)17-12-10-5-1-3-8(10)7-9-4-2-6-11(9)12/h7H,1-6,16H2,(H2,15,18)(H2,17,19,20). The highest BCUT2D eigenvalue weighted by Crippen LogP contribution is 2.38. The molecule has 0 spiro atoms. The number of carbonyl (C=O) groups is 1. The van der Waals surface area contributed by atoms with E-state index in [-0.39, 0.29) is 5.17 Å². The van der Waals surface area contributed by atoms with Crippen LogP contribution in [0.2, 0.25) is 0 Å². The summed E-state index contributed by atoms with van der Waals surface area (Å²) in [6.07, 6.45) is 6.25. The van der Waals surface area contributed by atoms with E-state index in [1.807, 2.05) is 0 Å². The van der Waals surface area contributed by atoms with E-state index in [9.17, 15) is 9.35 Å². The Balaban J connectivity index is 1.82. The molecule has 1 aromatic rings. The Kier molecular flexibility index (Phi) is 4.12. The summed E-state index contributed by atoms with van der Waals surface area (Å²) in [4.78, 5) is 12.1. The molecule has 8 heteroatoms. The second kappa shape index (κ2) is 6.05. The predicted octanol–water partition coefficient (Wildman–Crippen LogP) is 0.638. The summed E-state index contributed by atoms with van der Waals surface area (Å²) in [6, 6.07) is 1.73. The van der Waals surface area contributed by atoms with Crippen molar-refractivity contribution in [3.8, 4) is 0 Å². The van der Waals surface area contributed by atoms with Gasteiger partial charge in [0.05, 0.1) is 0 Å². The van der Waals surface area contributed by atoms with Crippen molar-refractivity contribution in [1.82, 2.24) is 4.72 Å². The molecule has 1 aromatic carbocycles. The van der Waals surface area contributed by atoms with Gasteiger partial charge in [0.25, 0.3) is 0 Å². The molecule has 22 heavy (non-hydrogen) atoms. The van der Waals surface area contributed by atoms with E-state index in [0.29, 0.717) is 0 Å². The van der Waals surface area contributed by atoms with Crippen molar-refractivity contribution < 1.29 is 9.35 Å². The maximum atomic E-state index is 12.1. The fourth-order valence-corrected chi connectivity index (χ4v) is 3.71. The Bertz CT molecular complexity index is 614. The van der Waals surface area contributed by atoms with Crippen LogP contribution in [0.5, 0.6) is 0 Å². The molecule has 0 radical (unpaired) electrons. The number of nitrogens with one attached hydrogen (secondary N) is 2. The average molecular weight is 321 g/mol. The van der Waals surface area contributed by atoms with Gasteiger partial charge in [0, 0.05) is 5.69 Å². The van der Waals surface area contributed by atoms with Crippen molar-refractivity contribution in [2.24, 2.45) is 16.7 Å². The number of hydrogen-bond acceptors (Lipinski definition) is 4. The third-order valence-corrected chi connectivity index (χ3v) is 5.07. The van der Waals surface area contributed by atoms with Gasteiger partial charge in [-0.15, -0.1) is 9.82 Å². The first-order valence-corrected chi connectivity index (χ1v) is 8.44. The molecule has 3 rings (SSSR count). The zero-order valence-electron chi connectivity index (χ0n) is 12.1. The van der Waals surface area contributed by atoms with Crippen molar-refractivity contribution in [2.75, 3.05) is 5.32 Å². The van der Waals surface area contributed by atoms with E-state index < -0.39 is 17.4 Å². The van der Waals surface area contributed by atoms with Crippen molar-refractivity contribution in [1.29, 1.82) is 0 Å². The number of nitrogens with two attached hydrogens (primary N) is 2. The maximum Gasteiger partial charge on any atom is 0.361 e. The minimum absolute atomic E-state index is 0.321. The van der Waals surface area contributed by atoms with Crippen LogP contribution in [0.15, 0.2) is 11.2 Å². The van der Waals surface area contributed by atoms with Gasteiger partial charge >= 0.3 is 11.2 Å². The highest BCUT2D eigenvalue weighted by molar-refractivity contribution is 8.05. The third-order valence-electron chi connectivity index (χ3n) is 4.21. The molecule has 2 aliphatic rings. The quantitative estimate of drug-likeness (QED) is 0.199. The first-order chi connectivity index (χ1) is 10.6. The summed E-state index contributed by atoms with van der Waals surface area (Å²) < 4.78 is 13.9. The van der Waals surface area contributed by atoms with E-state index in [2.05, 4.69) is 21.2 Å². The second-order valence-electron chi connectivity index (χ2n) is 5.53. The number of benzene rings is 1. The minimum Gasteiger partial charge on any atom is -0.585 e. The number of rotatable bonds is 1. The van der Waals surface area contributed by atoms with Crippen molar-refractivity contribution in [3.05, 3.63) is 28.3 Å². The predicted molar refractivity (Wildman–Crippen MR) is 86.6 cm³/mol. The summed E-state index contributed by atoms with van der Waals surface area (Å²) >= 11 is -1.92. The number of urea groups is 1. The molecule has 0 heterocycles. The van der Waals surface area contributed by atoms with E-state index in [1.165, 1.54) is 22.3 Å². The molecule has 7 nitrogen and oxygen atoms in total. The van der Waals surface area contributed by atoms with Crippen LogP contribution in [0.1, 0.15) is 35.1 Å². The summed E-state index contributed by atoms with van der Waals surface area (Å²) in [7, 11) is 0. The monoisotopic (exact) mass is 321 g/mol. The number of fused-ring (bicyclic) bond motifs is 2. The third kappa shape index (κ3) is 2.71. The van der Waals surface area contributed by atoms with Gasteiger partial charge in [0.2, 0.25) is 0 Å². The first kappa shape index (κ1) is 15.0. The lowest BCUT2D eigenvalue weighted by Crippen LogP contribution is -2.42. The molecule has 1 atom stereocenters. The number of aryl methyl sites for hydroxylation is 2. The van der Waals surface area contributed by atoms with Gasteiger partial charge in [-0.05, 0) is 60.8 Å². The van der Waals surface area contributed by atoms with Gasteiger partial charge in [0.1, 0.15) is 0 Å². The number of anilines is 1. The Labute approximate surface area is 131 Å². The molecular weight excluding hydrogens is 302 g/mol. The molecule has 1 unspecified atom stereocenters. The van der Waals surface area contributed by atoms with Crippen molar-refractivity contribution >= 4 is 28.2 Å². The molecule has 2 amide bonds. The van der Waals surface area contributed by atoms with Crippen LogP contribution in [0.4, 0.5) is 10.5 Å². The lowest BCUT2D eigenvalue weighted by Gasteiger charge is -2.16. The number of amides is 2. The summed E-state index contributed by atoms with van der Waals surface area (Å²) in [6.45, 7) is 0. The van der Waals surface area contributed by atoms with Gasteiger partial charge in [0.15, 0.2) is 11.4 Å². The van der Waals surface area contributed by atoms with E-state index in [4.69, 9.17) is 11.6 Å².